The number of nitrogens with two attached hydrogens (primary N) is 1. The lowest BCUT2D eigenvalue weighted by molar-refractivity contribution is -0.122. The molecule has 0 radical (unpaired) electrons. The molecule has 0 atom stereocenters. The fourth-order valence-electron chi connectivity index (χ4n) is 1.64. The van der Waals surface area contributed by atoms with Gasteiger partial charge >= 0.3 is 0 Å². The summed E-state index contributed by atoms with van der Waals surface area (Å²) < 4.78 is 0. The summed E-state index contributed by atoms with van der Waals surface area (Å²) >= 11 is 0. The topological polar surface area (TPSA) is 55.1 Å². The molecule has 1 rings (SSSR count). The van der Waals surface area contributed by atoms with Crippen molar-refractivity contribution in [2.24, 2.45) is 5.73 Å². The molecule has 3 nitrogen and oxygen atoms in total. The first-order chi connectivity index (χ1) is 7.97. The molecule has 0 fully saturated rings. The van der Waals surface area contributed by atoms with Crippen LogP contribution in [0.25, 0.3) is 0 Å². The maximum atomic E-state index is 11.5. The van der Waals surface area contributed by atoms with Crippen molar-refractivity contribution in [2.75, 3.05) is 6.54 Å². The molecule has 17 heavy (non-hydrogen) atoms. The van der Waals surface area contributed by atoms with Gasteiger partial charge in [0.15, 0.2) is 0 Å². The average molecular weight is 234 g/mol. The number of hydrogen-bond acceptors (Lipinski definition) is 2. The molecule has 0 aromatic heterocycles. The Hall–Kier alpha value is -1.35. The first kappa shape index (κ1) is 13.7. The Morgan fingerprint density at radius 1 is 1.29 bits per heavy atom. The molecule has 3 N–H and O–H groups in total. The van der Waals surface area contributed by atoms with Crippen molar-refractivity contribution in [1.29, 1.82) is 0 Å². The number of carbonyl (C=O) groups is 1. The average Bonchev–Trinajstić information content (AvgIpc) is 2.23. The number of nitrogens with one attached hydrogen (secondary N) is 1. The van der Waals surface area contributed by atoms with Crippen LogP contribution in [0.2, 0.25) is 0 Å². The Morgan fingerprint density at radius 3 is 2.53 bits per heavy atom. The summed E-state index contributed by atoms with van der Waals surface area (Å²) in [6, 6.07) is 10.3. The summed E-state index contributed by atoms with van der Waals surface area (Å²) in [5.74, 6) is 0.0329. The molecule has 0 unspecified atom stereocenters. The van der Waals surface area contributed by atoms with Crippen LogP contribution >= 0.6 is 0 Å². The van der Waals surface area contributed by atoms with Gasteiger partial charge in [-0.1, -0.05) is 30.3 Å². The van der Waals surface area contributed by atoms with Gasteiger partial charge in [-0.2, -0.15) is 0 Å². The molecule has 0 saturated heterocycles. The molecule has 3 heteroatoms. The van der Waals surface area contributed by atoms with Gasteiger partial charge < -0.3 is 11.1 Å². The van der Waals surface area contributed by atoms with Gasteiger partial charge in [-0.15, -0.1) is 0 Å². The molecular weight excluding hydrogens is 212 g/mol. The van der Waals surface area contributed by atoms with E-state index in [0.717, 1.165) is 12.8 Å². The third kappa shape index (κ3) is 6.74. The van der Waals surface area contributed by atoms with Gasteiger partial charge in [0, 0.05) is 18.5 Å². The molecule has 0 heterocycles. The normalized spacial score (nSPS) is 11.2. The first-order valence-electron chi connectivity index (χ1n) is 6.07. The molecule has 94 valence electrons. The summed E-state index contributed by atoms with van der Waals surface area (Å²) in [5.41, 5.74) is 6.65. The highest BCUT2D eigenvalue weighted by Gasteiger charge is 2.15. The monoisotopic (exact) mass is 234 g/mol. The quantitative estimate of drug-likeness (QED) is 0.738. The fourth-order valence-corrected chi connectivity index (χ4v) is 1.64. The lowest BCUT2D eigenvalue weighted by atomic mass is 10.0. The lowest BCUT2D eigenvalue weighted by Crippen LogP contribution is -2.39. The Balaban J connectivity index is 2.14. The van der Waals surface area contributed by atoms with E-state index in [1.54, 1.807) is 0 Å². The van der Waals surface area contributed by atoms with E-state index in [2.05, 4.69) is 17.4 Å². The van der Waals surface area contributed by atoms with Crippen molar-refractivity contribution in [3.8, 4) is 0 Å². The van der Waals surface area contributed by atoms with Crippen molar-refractivity contribution >= 4 is 5.91 Å². The second-order valence-corrected chi connectivity index (χ2v) is 5.10. The van der Waals surface area contributed by atoms with E-state index in [-0.39, 0.29) is 5.91 Å². The largest absolute Gasteiger partial charge is 0.356 e. The number of amides is 1. The van der Waals surface area contributed by atoms with Crippen molar-refractivity contribution in [3.05, 3.63) is 35.9 Å². The minimum Gasteiger partial charge on any atom is -0.356 e. The molecule has 1 amide bonds. The summed E-state index contributed by atoms with van der Waals surface area (Å²) in [6.07, 6.45) is 2.33. The number of hydrogen-bond donors (Lipinski definition) is 2. The van der Waals surface area contributed by atoms with Crippen LogP contribution in [0.15, 0.2) is 30.3 Å². The highest BCUT2D eigenvalue weighted by Crippen LogP contribution is 2.03. The summed E-state index contributed by atoms with van der Waals surface area (Å²) in [7, 11) is 0. The van der Waals surface area contributed by atoms with Crippen LogP contribution in [0.4, 0.5) is 0 Å². The van der Waals surface area contributed by atoms with Gasteiger partial charge in [-0.25, -0.2) is 0 Å². The van der Waals surface area contributed by atoms with E-state index in [9.17, 15) is 4.79 Å². The summed E-state index contributed by atoms with van der Waals surface area (Å²) in [6.45, 7) is 4.43. The first-order valence-corrected chi connectivity index (χ1v) is 6.07. The van der Waals surface area contributed by atoms with Crippen LogP contribution in [0.3, 0.4) is 0 Å². The van der Waals surface area contributed by atoms with Crippen LogP contribution in [0.5, 0.6) is 0 Å². The standard InChI is InChI=1S/C14H22N2O/c1-14(2,15)11-13(17)16-10-6-9-12-7-4-3-5-8-12/h3-5,7-8H,6,9-11,15H2,1-2H3,(H,16,17). The van der Waals surface area contributed by atoms with Gasteiger partial charge in [0.1, 0.15) is 0 Å². The Morgan fingerprint density at radius 2 is 1.94 bits per heavy atom. The highest BCUT2D eigenvalue weighted by molar-refractivity contribution is 5.76. The van der Waals surface area contributed by atoms with Gasteiger partial charge in [-0.05, 0) is 32.3 Å². The lowest BCUT2D eigenvalue weighted by Gasteiger charge is -2.17. The molecule has 1 aromatic rings. The van der Waals surface area contributed by atoms with Crippen LogP contribution in [-0.4, -0.2) is 18.0 Å². The third-order valence-electron chi connectivity index (χ3n) is 2.42. The number of aryl methyl sites for hydroxylation is 1. The van der Waals surface area contributed by atoms with Crippen LogP contribution in [0.1, 0.15) is 32.3 Å². The summed E-state index contributed by atoms with van der Waals surface area (Å²) in [4.78, 5) is 11.5. The Labute approximate surface area is 103 Å². The highest BCUT2D eigenvalue weighted by atomic mass is 16.1. The second kappa shape index (κ2) is 6.40. The number of benzene rings is 1. The molecule has 1 aromatic carbocycles. The second-order valence-electron chi connectivity index (χ2n) is 5.10. The Bertz CT molecular complexity index is 341. The smallest absolute Gasteiger partial charge is 0.221 e. The molecule has 0 aliphatic heterocycles. The van der Waals surface area contributed by atoms with E-state index >= 15 is 0 Å². The van der Waals surface area contributed by atoms with Crippen LogP contribution in [0, 0.1) is 0 Å². The molecule has 0 bridgehead atoms. The summed E-state index contributed by atoms with van der Waals surface area (Å²) in [5, 5.41) is 2.89. The zero-order valence-electron chi connectivity index (χ0n) is 10.7. The maximum Gasteiger partial charge on any atom is 0.221 e. The van der Waals surface area contributed by atoms with Crippen molar-refractivity contribution in [3.63, 3.8) is 0 Å². The minimum absolute atomic E-state index is 0.0329. The van der Waals surface area contributed by atoms with E-state index in [1.165, 1.54) is 5.56 Å². The molecular formula is C14H22N2O. The van der Waals surface area contributed by atoms with E-state index < -0.39 is 5.54 Å². The molecule has 0 aliphatic rings. The third-order valence-corrected chi connectivity index (χ3v) is 2.42. The van der Waals surface area contributed by atoms with Gasteiger partial charge in [0.05, 0.1) is 0 Å². The van der Waals surface area contributed by atoms with E-state index in [4.69, 9.17) is 5.73 Å². The predicted octanol–water partition coefficient (Wildman–Crippen LogP) is 1.86. The van der Waals surface area contributed by atoms with Crippen molar-refractivity contribution in [2.45, 2.75) is 38.6 Å². The van der Waals surface area contributed by atoms with Crippen molar-refractivity contribution < 1.29 is 4.79 Å². The van der Waals surface area contributed by atoms with E-state index in [1.807, 2.05) is 32.0 Å². The molecule has 0 aliphatic carbocycles. The fraction of sp³-hybridized carbons (Fsp3) is 0.500. The van der Waals surface area contributed by atoms with Gasteiger partial charge in [-0.3, -0.25) is 4.79 Å². The van der Waals surface area contributed by atoms with Crippen molar-refractivity contribution in [1.82, 2.24) is 5.32 Å². The molecule has 0 saturated carbocycles. The van der Waals surface area contributed by atoms with E-state index in [0.29, 0.717) is 13.0 Å². The zero-order chi connectivity index (χ0) is 12.7. The van der Waals surface area contributed by atoms with Gasteiger partial charge in [0.2, 0.25) is 5.91 Å². The molecule has 0 spiro atoms. The Kier molecular flexibility index (Phi) is 5.16. The van der Waals surface area contributed by atoms with Crippen LogP contribution < -0.4 is 11.1 Å². The number of carbonyl (C=O) groups excluding carboxylic acids is 1. The van der Waals surface area contributed by atoms with Gasteiger partial charge in [0.25, 0.3) is 0 Å². The zero-order valence-corrected chi connectivity index (χ0v) is 10.7. The number of rotatable bonds is 6. The maximum absolute atomic E-state index is 11.5. The SMILES string of the molecule is CC(C)(N)CC(=O)NCCCc1ccccc1. The minimum atomic E-state index is -0.427. The predicted molar refractivity (Wildman–Crippen MR) is 70.7 cm³/mol. The van der Waals surface area contributed by atoms with Crippen LogP contribution in [-0.2, 0) is 11.2 Å².